The fourth-order valence-corrected chi connectivity index (χ4v) is 3.65. The molecule has 0 fully saturated rings. The van der Waals surface area contributed by atoms with Gasteiger partial charge in [0, 0.05) is 6.54 Å². The molecule has 2 N–H and O–H groups in total. The molecular formula is C19H22F3NO4S. The molecule has 0 aliphatic carbocycles. The number of sulfonamides is 1. The first-order chi connectivity index (χ1) is 13.1. The fourth-order valence-electron chi connectivity index (χ4n) is 2.51. The summed E-state index contributed by atoms with van der Waals surface area (Å²) in [5, 5.41) is 8.96. The Kier molecular flexibility index (Phi) is 7.59. The van der Waals surface area contributed by atoms with Gasteiger partial charge in [-0.3, -0.25) is 0 Å². The van der Waals surface area contributed by atoms with Crippen LogP contribution in [0, 0.1) is 6.92 Å². The maximum atomic E-state index is 12.6. The third kappa shape index (κ3) is 6.90. The lowest BCUT2D eigenvalue weighted by molar-refractivity contribution is -0.137. The van der Waals surface area contributed by atoms with Crippen molar-refractivity contribution >= 4 is 10.0 Å². The number of aryl methyl sites for hydroxylation is 1. The highest BCUT2D eigenvalue weighted by molar-refractivity contribution is 7.88. The molecule has 0 aliphatic rings. The number of hydrogen-bond donors (Lipinski definition) is 2. The van der Waals surface area contributed by atoms with E-state index in [0.717, 1.165) is 35.4 Å². The summed E-state index contributed by atoms with van der Waals surface area (Å²) in [6.45, 7) is 1.69. The van der Waals surface area contributed by atoms with Gasteiger partial charge in [0.15, 0.2) is 0 Å². The van der Waals surface area contributed by atoms with Crippen molar-refractivity contribution in [1.82, 2.24) is 4.72 Å². The van der Waals surface area contributed by atoms with Gasteiger partial charge in [0.25, 0.3) is 0 Å². The highest BCUT2D eigenvalue weighted by Crippen LogP contribution is 2.29. The van der Waals surface area contributed by atoms with E-state index in [1.807, 2.05) is 31.2 Å². The number of aliphatic hydroxyl groups is 1. The summed E-state index contributed by atoms with van der Waals surface area (Å²) in [5.74, 6) is -0.453. The summed E-state index contributed by atoms with van der Waals surface area (Å²) in [7, 11) is -3.79. The first-order valence-corrected chi connectivity index (χ1v) is 10.2. The Balaban J connectivity index is 2.03. The van der Waals surface area contributed by atoms with E-state index in [2.05, 4.69) is 4.72 Å². The number of alkyl halides is 3. The average Bonchev–Trinajstić information content (AvgIpc) is 2.62. The molecule has 28 heavy (non-hydrogen) atoms. The molecule has 0 heterocycles. The van der Waals surface area contributed by atoms with Crippen molar-refractivity contribution in [2.45, 2.75) is 25.0 Å². The van der Waals surface area contributed by atoms with E-state index in [-0.39, 0.29) is 25.3 Å². The molecule has 0 saturated heterocycles. The van der Waals surface area contributed by atoms with E-state index in [4.69, 9.17) is 9.84 Å². The Morgan fingerprint density at radius 1 is 1.07 bits per heavy atom. The van der Waals surface area contributed by atoms with Crippen LogP contribution in [-0.4, -0.2) is 33.3 Å². The smallest absolute Gasteiger partial charge is 0.394 e. The molecule has 0 saturated carbocycles. The van der Waals surface area contributed by atoms with Crippen LogP contribution in [0.5, 0.6) is 0 Å². The quantitative estimate of drug-likeness (QED) is 0.657. The van der Waals surface area contributed by atoms with Gasteiger partial charge in [0.1, 0.15) is 0 Å². The molecule has 2 aromatic carbocycles. The zero-order chi connectivity index (χ0) is 20.8. The van der Waals surface area contributed by atoms with Crippen molar-refractivity contribution in [3.63, 3.8) is 0 Å². The number of aliphatic hydroxyl groups excluding tert-OH is 1. The zero-order valence-electron chi connectivity index (χ0n) is 15.2. The molecule has 9 heteroatoms. The Morgan fingerprint density at radius 3 is 2.21 bits per heavy atom. The Morgan fingerprint density at radius 2 is 1.68 bits per heavy atom. The minimum Gasteiger partial charge on any atom is -0.394 e. The van der Waals surface area contributed by atoms with Gasteiger partial charge in [-0.15, -0.1) is 0 Å². The van der Waals surface area contributed by atoms with Crippen LogP contribution in [0.3, 0.4) is 0 Å². The average molecular weight is 417 g/mol. The molecule has 0 aliphatic heterocycles. The maximum absolute atomic E-state index is 12.6. The van der Waals surface area contributed by atoms with E-state index in [9.17, 15) is 21.6 Å². The standard InChI is InChI=1S/C19H22F3NO4S/c1-14-2-6-16(7-3-14)18(27-11-10-24)12-23-28(25,26)13-15-4-8-17(9-5-15)19(20,21)22/h2-9,18,23-24H,10-13H2,1H3. The molecule has 2 rings (SSSR count). The molecule has 1 atom stereocenters. The van der Waals surface area contributed by atoms with Gasteiger partial charge >= 0.3 is 6.18 Å². The maximum Gasteiger partial charge on any atom is 0.416 e. The molecule has 0 aromatic heterocycles. The summed E-state index contributed by atoms with van der Waals surface area (Å²) in [4.78, 5) is 0. The largest absolute Gasteiger partial charge is 0.416 e. The molecule has 0 amide bonds. The number of nitrogens with one attached hydrogen (secondary N) is 1. The topological polar surface area (TPSA) is 75.6 Å². The van der Waals surface area contributed by atoms with Crippen LogP contribution < -0.4 is 4.72 Å². The minimum absolute atomic E-state index is 0.0408. The van der Waals surface area contributed by atoms with Crippen molar-refractivity contribution in [1.29, 1.82) is 0 Å². The summed E-state index contributed by atoms with van der Waals surface area (Å²) >= 11 is 0. The Labute approximate surface area is 162 Å². The lowest BCUT2D eigenvalue weighted by Gasteiger charge is -2.19. The molecule has 0 bridgehead atoms. The van der Waals surface area contributed by atoms with Gasteiger partial charge in [0.2, 0.25) is 10.0 Å². The lowest BCUT2D eigenvalue weighted by atomic mass is 10.1. The van der Waals surface area contributed by atoms with E-state index in [1.54, 1.807) is 0 Å². The summed E-state index contributed by atoms with van der Waals surface area (Å²) in [5.41, 5.74) is 1.19. The lowest BCUT2D eigenvalue weighted by Crippen LogP contribution is -2.31. The third-order valence-electron chi connectivity index (χ3n) is 3.99. The number of benzene rings is 2. The highest BCUT2D eigenvalue weighted by Gasteiger charge is 2.30. The van der Waals surface area contributed by atoms with E-state index >= 15 is 0 Å². The third-order valence-corrected chi connectivity index (χ3v) is 5.31. The van der Waals surface area contributed by atoms with Crippen molar-refractivity contribution in [2.75, 3.05) is 19.8 Å². The van der Waals surface area contributed by atoms with Gasteiger partial charge in [0.05, 0.1) is 30.6 Å². The van der Waals surface area contributed by atoms with Gasteiger partial charge in [-0.25, -0.2) is 13.1 Å². The summed E-state index contributed by atoms with van der Waals surface area (Å²) in [6, 6.07) is 11.3. The van der Waals surface area contributed by atoms with Crippen LogP contribution >= 0.6 is 0 Å². The monoisotopic (exact) mass is 417 g/mol. The number of halogens is 3. The molecule has 0 radical (unpaired) electrons. The first-order valence-electron chi connectivity index (χ1n) is 8.53. The number of ether oxygens (including phenoxy) is 1. The van der Waals surface area contributed by atoms with Crippen LogP contribution in [-0.2, 0) is 26.7 Å². The molecule has 2 aromatic rings. The van der Waals surface area contributed by atoms with Crippen molar-refractivity contribution < 1.29 is 31.4 Å². The predicted octanol–water partition coefficient (Wildman–Crippen LogP) is 3.18. The van der Waals surface area contributed by atoms with Crippen LogP contribution in [0.2, 0.25) is 0 Å². The number of rotatable bonds is 9. The molecule has 154 valence electrons. The van der Waals surface area contributed by atoms with Crippen molar-refractivity contribution in [3.05, 3.63) is 70.8 Å². The second kappa shape index (κ2) is 9.51. The normalized spacial score (nSPS) is 13.5. The SMILES string of the molecule is Cc1ccc(C(CNS(=O)(=O)Cc2ccc(C(F)(F)F)cc2)OCCO)cc1. The molecule has 0 spiro atoms. The summed E-state index contributed by atoms with van der Waals surface area (Å²) in [6.07, 6.45) is -5.07. The van der Waals surface area contributed by atoms with E-state index in [0.29, 0.717) is 0 Å². The summed E-state index contributed by atoms with van der Waals surface area (Å²) < 4.78 is 70.3. The second-order valence-corrected chi connectivity index (χ2v) is 8.10. The van der Waals surface area contributed by atoms with E-state index in [1.165, 1.54) is 0 Å². The number of hydrogen-bond acceptors (Lipinski definition) is 4. The molecular weight excluding hydrogens is 395 g/mol. The van der Waals surface area contributed by atoms with Gasteiger partial charge in [-0.2, -0.15) is 13.2 Å². The predicted molar refractivity (Wildman–Crippen MR) is 99.0 cm³/mol. The van der Waals surface area contributed by atoms with Crippen LogP contribution in [0.1, 0.15) is 28.4 Å². The van der Waals surface area contributed by atoms with Gasteiger partial charge < -0.3 is 9.84 Å². The molecule has 1 unspecified atom stereocenters. The van der Waals surface area contributed by atoms with Gasteiger partial charge in [-0.1, -0.05) is 42.0 Å². The zero-order valence-corrected chi connectivity index (χ0v) is 16.1. The first kappa shape index (κ1) is 22.4. The van der Waals surface area contributed by atoms with Crippen LogP contribution in [0.4, 0.5) is 13.2 Å². The van der Waals surface area contributed by atoms with E-state index < -0.39 is 33.6 Å². The highest BCUT2D eigenvalue weighted by atomic mass is 32.2. The van der Waals surface area contributed by atoms with Crippen LogP contribution in [0.25, 0.3) is 0 Å². The molecule has 5 nitrogen and oxygen atoms in total. The van der Waals surface area contributed by atoms with Crippen molar-refractivity contribution in [2.24, 2.45) is 0 Å². The van der Waals surface area contributed by atoms with Crippen molar-refractivity contribution in [3.8, 4) is 0 Å². The Bertz CT molecular complexity index is 850. The van der Waals surface area contributed by atoms with Gasteiger partial charge in [-0.05, 0) is 30.2 Å². The van der Waals surface area contributed by atoms with Crippen LogP contribution in [0.15, 0.2) is 48.5 Å². The fraction of sp³-hybridized carbons (Fsp3) is 0.368. The Hall–Kier alpha value is -1.94. The minimum atomic E-state index is -4.47. The second-order valence-electron chi connectivity index (χ2n) is 6.30.